The van der Waals surface area contributed by atoms with Crippen LogP contribution in [0.25, 0.3) is 0 Å². The summed E-state index contributed by atoms with van der Waals surface area (Å²) >= 11 is 3.26. The van der Waals surface area contributed by atoms with E-state index in [1.54, 1.807) is 6.07 Å². The van der Waals surface area contributed by atoms with Crippen molar-refractivity contribution >= 4 is 27.4 Å². The first-order chi connectivity index (χ1) is 9.47. The van der Waals surface area contributed by atoms with E-state index in [0.29, 0.717) is 41.2 Å². The van der Waals surface area contributed by atoms with Crippen LogP contribution >= 0.6 is 15.9 Å². The Kier molecular flexibility index (Phi) is 4.88. The topological polar surface area (TPSA) is 63.4 Å². The number of hydrogen-bond donors (Lipinski definition) is 0. The number of carbonyl (C=O) groups is 1. The van der Waals surface area contributed by atoms with Crippen LogP contribution in [0.4, 0.5) is 5.69 Å². The number of ketones is 1. The molecule has 0 amide bonds. The molecule has 0 bridgehead atoms. The predicted octanol–water partition coefficient (Wildman–Crippen LogP) is 3.30. The van der Waals surface area contributed by atoms with Crippen molar-refractivity contribution in [2.75, 3.05) is 7.05 Å². The Hall–Kier alpha value is -1.27. The van der Waals surface area contributed by atoms with E-state index in [4.69, 9.17) is 0 Å². The molecule has 2 rings (SSSR count). The first kappa shape index (κ1) is 15.1. The summed E-state index contributed by atoms with van der Waals surface area (Å²) in [6, 6.07) is 5.47. The molecule has 0 heterocycles. The number of nitro groups is 1. The zero-order valence-electron chi connectivity index (χ0n) is 11.3. The first-order valence-electron chi connectivity index (χ1n) is 6.62. The Morgan fingerprint density at radius 2 is 2.05 bits per heavy atom. The van der Waals surface area contributed by atoms with Crippen molar-refractivity contribution in [2.24, 2.45) is 0 Å². The molecule has 0 atom stereocenters. The summed E-state index contributed by atoms with van der Waals surface area (Å²) in [6.45, 7) is 0.530. The summed E-state index contributed by atoms with van der Waals surface area (Å²) in [6.07, 6.45) is 2.94. The van der Waals surface area contributed by atoms with Crippen LogP contribution in [0.1, 0.15) is 31.2 Å². The number of carbonyl (C=O) groups excluding carboxylic acids is 1. The van der Waals surface area contributed by atoms with Gasteiger partial charge in [-0.25, -0.2) is 0 Å². The van der Waals surface area contributed by atoms with Gasteiger partial charge in [-0.1, -0.05) is 15.9 Å². The molecule has 1 aliphatic carbocycles. The van der Waals surface area contributed by atoms with Crippen molar-refractivity contribution in [1.82, 2.24) is 4.90 Å². The summed E-state index contributed by atoms with van der Waals surface area (Å²) in [5.41, 5.74) is 0.843. The Labute approximate surface area is 126 Å². The molecule has 20 heavy (non-hydrogen) atoms. The van der Waals surface area contributed by atoms with Gasteiger partial charge in [-0.05, 0) is 32.0 Å². The Balaban J connectivity index is 2.09. The number of nitro benzene ring substituents is 1. The van der Waals surface area contributed by atoms with Gasteiger partial charge in [-0.15, -0.1) is 0 Å². The number of hydrogen-bond acceptors (Lipinski definition) is 4. The lowest BCUT2D eigenvalue weighted by Crippen LogP contribution is -2.34. The van der Waals surface area contributed by atoms with Gasteiger partial charge in [0, 0.05) is 41.5 Å². The quantitative estimate of drug-likeness (QED) is 0.623. The van der Waals surface area contributed by atoms with E-state index in [9.17, 15) is 14.9 Å². The summed E-state index contributed by atoms with van der Waals surface area (Å²) in [7, 11) is 1.96. The van der Waals surface area contributed by atoms with Crippen molar-refractivity contribution < 1.29 is 9.72 Å². The fraction of sp³-hybridized carbons (Fsp3) is 0.500. The molecule has 1 aromatic carbocycles. The van der Waals surface area contributed by atoms with Gasteiger partial charge in [0.1, 0.15) is 5.78 Å². The van der Waals surface area contributed by atoms with Crippen LogP contribution in [0.5, 0.6) is 0 Å². The van der Waals surface area contributed by atoms with Crippen molar-refractivity contribution in [1.29, 1.82) is 0 Å². The summed E-state index contributed by atoms with van der Waals surface area (Å²) in [5, 5.41) is 11.1. The lowest BCUT2D eigenvalue weighted by molar-refractivity contribution is -0.385. The van der Waals surface area contributed by atoms with Crippen LogP contribution in [-0.2, 0) is 11.3 Å². The molecule has 1 saturated carbocycles. The predicted molar refractivity (Wildman–Crippen MR) is 79.5 cm³/mol. The summed E-state index contributed by atoms with van der Waals surface area (Å²) in [4.78, 5) is 24.1. The van der Waals surface area contributed by atoms with Crippen molar-refractivity contribution in [3.05, 3.63) is 38.3 Å². The SMILES string of the molecule is CN(Cc1ccc(Br)cc1[N+](=O)[O-])C1CCC(=O)CC1. The van der Waals surface area contributed by atoms with Crippen LogP contribution in [0, 0.1) is 10.1 Å². The first-order valence-corrected chi connectivity index (χ1v) is 7.41. The molecular formula is C14H17BrN2O3. The Morgan fingerprint density at radius 3 is 2.65 bits per heavy atom. The molecule has 0 saturated heterocycles. The van der Waals surface area contributed by atoms with Gasteiger partial charge in [-0.2, -0.15) is 0 Å². The molecule has 0 aliphatic heterocycles. The highest BCUT2D eigenvalue weighted by Crippen LogP contribution is 2.27. The van der Waals surface area contributed by atoms with Gasteiger partial charge in [0.15, 0.2) is 0 Å². The minimum atomic E-state index is -0.349. The van der Waals surface area contributed by atoms with E-state index in [2.05, 4.69) is 20.8 Å². The molecule has 108 valence electrons. The van der Waals surface area contributed by atoms with E-state index < -0.39 is 0 Å². The second kappa shape index (κ2) is 6.45. The fourth-order valence-electron chi connectivity index (χ4n) is 2.60. The van der Waals surface area contributed by atoms with Gasteiger partial charge in [0.25, 0.3) is 5.69 Å². The standard InChI is InChI=1S/C14H17BrN2O3/c1-16(12-4-6-13(18)7-5-12)9-10-2-3-11(15)8-14(10)17(19)20/h2-3,8,12H,4-7,9H2,1H3. The van der Waals surface area contributed by atoms with Crippen molar-refractivity contribution in [3.8, 4) is 0 Å². The molecule has 1 fully saturated rings. The smallest absolute Gasteiger partial charge is 0.275 e. The highest BCUT2D eigenvalue weighted by Gasteiger charge is 2.24. The van der Waals surface area contributed by atoms with Crippen LogP contribution in [0.2, 0.25) is 0 Å². The van der Waals surface area contributed by atoms with Crippen LogP contribution in [-0.4, -0.2) is 28.7 Å². The highest BCUT2D eigenvalue weighted by atomic mass is 79.9. The molecule has 1 aliphatic rings. The molecule has 6 heteroatoms. The largest absolute Gasteiger partial charge is 0.300 e. The fourth-order valence-corrected chi connectivity index (χ4v) is 2.95. The zero-order valence-corrected chi connectivity index (χ0v) is 12.9. The normalized spacial score (nSPS) is 16.6. The molecular weight excluding hydrogens is 324 g/mol. The molecule has 0 N–H and O–H groups in total. The number of Topliss-reactive ketones (excluding diaryl/α,β-unsaturated/α-hetero) is 1. The van der Waals surface area contributed by atoms with E-state index in [1.165, 1.54) is 6.07 Å². The van der Waals surface area contributed by atoms with E-state index >= 15 is 0 Å². The van der Waals surface area contributed by atoms with Gasteiger partial charge in [0.05, 0.1) is 4.92 Å². The average molecular weight is 341 g/mol. The third kappa shape index (κ3) is 3.64. The van der Waals surface area contributed by atoms with Crippen LogP contribution in [0.15, 0.2) is 22.7 Å². The number of rotatable bonds is 4. The third-order valence-electron chi connectivity index (χ3n) is 3.80. The minimum absolute atomic E-state index is 0.137. The monoisotopic (exact) mass is 340 g/mol. The number of benzene rings is 1. The van der Waals surface area contributed by atoms with Gasteiger partial charge < -0.3 is 0 Å². The minimum Gasteiger partial charge on any atom is -0.300 e. The maximum Gasteiger partial charge on any atom is 0.275 e. The average Bonchev–Trinajstić information content (AvgIpc) is 2.41. The van der Waals surface area contributed by atoms with Gasteiger partial charge in [0.2, 0.25) is 0 Å². The Bertz CT molecular complexity index is 523. The van der Waals surface area contributed by atoms with Crippen molar-refractivity contribution in [3.63, 3.8) is 0 Å². The maximum atomic E-state index is 11.3. The molecule has 0 radical (unpaired) electrons. The maximum absolute atomic E-state index is 11.3. The molecule has 5 nitrogen and oxygen atoms in total. The molecule has 1 aromatic rings. The van der Waals surface area contributed by atoms with E-state index in [1.807, 2.05) is 13.1 Å². The van der Waals surface area contributed by atoms with Gasteiger partial charge >= 0.3 is 0 Å². The Morgan fingerprint density at radius 1 is 1.40 bits per heavy atom. The number of halogens is 1. The van der Waals surface area contributed by atoms with Gasteiger partial charge in [-0.3, -0.25) is 19.8 Å². The van der Waals surface area contributed by atoms with Crippen LogP contribution < -0.4 is 0 Å². The van der Waals surface area contributed by atoms with Crippen molar-refractivity contribution in [2.45, 2.75) is 38.3 Å². The van der Waals surface area contributed by atoms with E-state index in [-0.39, 0.29) is 10.6 Å². The summed E-state index contributed by atoms with van der Waals surface area (Å²) in [5.74, 6) is 0.323. The lowest BCUT2D eigenvalue weighted by atomic mass is 9.93. The molecule has 0 unspecified atom stereocenters. The third-order valence-corrected chi connectivity index (χ3v) is 4.29. The second-order valence-electron chi connectivity index (χ2n) is 5.22. The molecule has 0 aromatic heterocycles. The zero-order chi connectivity index (χ0) is 14.7. The van der Waals surface area contributed by atoms with E-state index in [0.717, 1.165) is 12.8 Å². The lowest BCUT2D eigenvalue weighted by Gasteiger charge is -2.30. The second-order valence-corrected chi connectivity index (χ2v) is 6.13. The van der Waals surface area contributed by atoms with Crippen LogP contribution in [0.3, 0.4) is 0 Å². The number of nitrogens with zero attached hydrogens (tertiary/aromatic N) is 2. The molecule has 0 spiro atoms. The summed E-state index contributed by atoms with van der Waals surface area (Å²) < 4.78 is 0.707. The highest BCUT2D eigenvalue weighted by molar-refractivity contribution is 9.10.